The van der Waals surface area contributed by atoms with Gasteiger partial charge >= 0.3 is 6.09 Å². The topological polar surface area (TPSA) is 47.6 Å². The van der Waals surface area contributed by atoms with E-state index in [1.165, 1.54) is 0 Å². The van der Waals surface area contributed by atoms with Crippen LogP contribution in [0.25, 0.3) is 0 Å². The molecule has 1 amide bonds. The second-order valence-corrected chi connectivity index (χ2v) is 6.37. The van der Waals surface area contributed by atoms with Crippen LogP contribution in [0.5, 0.6) is 5.75 Å². The van der Waals surface area contributed by atoms with Crippen molar-refractivity contribution in [3.8, 4) is 5.75 Å². The fraction of sp³-hybridized carbons (Fsp3) is 0.316. The van der Waals surface area contributed by atoms with Crippen molar-refractivity contribution in [2.45, 2.75) is 39.5 Å². The van der Waals surface area contributed by atoms with Crippen LogP contribution in [0.4, 0.5) is 4.79 Å². The molecule has 0 fully saturated rings. The second kappa shape index (κ2) is 7.68. The van der Waals surface area contributed by atoms with E-state index in [2.05, 4.69) is 5.32 Å². The summed E-state index contributed by atoms with van der Waals surface area (Å²) in [7, 11) is 0. The van der Waals surface area contributed by atoms with Crippen LogP contribution in [-0.2, 0) is 18.0 Å². The maximum absolute atomic E-state index is 11.7. The largest absolute Gasteiger partial charge is 0.489 e. The van der Waals surface area contributed by atoms with Crippen molar-refractivity contribution in [3.63, 3.8) is 0 Å². The molecule has 0 aromatic heterocycles. The third-order valence-electron chi connectivity index (χ3n) is 2.99. The van der Waals surface area contributed by atoms with Crippen LogP contribution in [0.1, 0.15) is 31.9 Å². The lowest BCUT2D eigenvalue weighted by Gasteiger charge is -2.20. The summed E-state index contributed by atoms with van der Waals surface area (Å²) in [4.78, 5) is 11.7. The van der Waals surface area contributed by atoms with Gasteiger partial charge in [-0.25, -0.2) is 4.79 Å². The Morgan fingerprint density at radius 2 is 1.65 bits per heavy atom. The van der Waals surface area contributed by atoms with Crippen molar-refractivity contribution in [1.29, 1.82) is 0 Å². The zero-order chi connectivity index (χ0) is 16.7. The Balaban J connectivity index is 1.86. The number of hydrogen-bond donors (Lipinski definition) is 1. The lowest BCUT2D eigenvalue weighted by molar-refractivity contribution is 0.131. The molecule has 4 nitrogen and oxygen atoms in total. The highest BCUT2D eigenvalue weighted by molar-refractivity contribution is 5.68. The maximum atomic E-state index is 11.7. The Bertz CT molecular complexity index is 633. The monoisotopic (exact) mass is 313 g/mol. The molecule has 2 rings (SSSR count). The molecule has 2 aromatic rings. The minimum absolute atomic E-state index is 0.213. The van der Waals surface area contributed by atoms with Gasteiger partial charge in [0.05, 0.1) is 0 Å². The number of amides is 1. The van der Waals surface area contributed by atoms with Crippen LogP contribution < -0.4 is 10.1 Å². The number of benzene rings is 2. The molecule has 1 N–H and O–H groups in total. The van der Waals surface area contributed by atoms with Gasteiger partial charge in [-0.1, -0.05) is 42.5 Å². The molecule has 0 radical (unpaired) electrons. The number of hydrogen-bond acceptors (Lipinski definition) is 3. The summed E-state index contributed by atoms with van der Waals surface area (Å²) in [5, 5.41) is 2.76. The van der Waals surface area contributed by atoms with E-state index < -0.39 is 6.09 Å². The van der Waals surface area contributed by atoms with Gasteiger partial charge in [0.25, 0.3) is 0 Å². The molecule has 0 aliphatic heterocycles. The SMILES string of the molecule is CC(C)(C)NC(=O)OCc1cccc(OCc2ccccc2)c1. The number of nitrogens with one attached hydrogen (secondary N) is 1. The average molecular weight is 313 g/mol. The van der Waals surface area contributed by atoms with Crippen molar-refractivity contribution in [2.75, 3.05) is 0 Å². The van der Waals surface area contributed by atoms with Crippen LogP contribution in [0, 0.1) is 0 Å². The van der Waals surface area contributed by atoms with E-state index in [-0.39, 0.29) is 12.1 Å². The molecule has 0 heterocycles. The first kappa shape index (κ1) is 16.9. The van der Waals surface area contributed by atoms with Gasteiger partial charge in [0.1, 0.15) is 19.0 Å². The molecular weight excluding hydrogens is 290 g/mol. The van der Waals surface area contributed by atoms with Crippen LogP contribution in [-0.4, -0.2) is 11.6 Å². The van der Waals surface area contributed by atoms with Crippen molar-refractivity contribution in [1.82, 2.24) is 5.32 Å². The normalized spacial score (nSPS) is 10.9. The number of ether oxygens (including phenoxy) is 2. The lowest BCUT2D eigenvalue weighted by Crippen LogP contribution is -2.40. The predicted octanol–water partition coefficient (Wildman–Crippen LogP) is 4.29. The fourth-order valence-electron chi connectivity index (χ4n) is 1.96. The molecule has 0 saturated heterocycles. The van der Waals surface area contributed by atoms with Crippen molar-refractivity contribution < 1.29 is 14.3 Å². The van der Waals surface area contributed by atoms with E-state index in [1.54, 1.807) is 0 Å². The van der Waals surface area contributed by atoms with Gasteiger partial charge in [0.15, 0.2) is 0 Å². The van der Waals surface area contributed by atoms with Gasteiger partial charge in [0.2, 0.25) is 0 Å². The van der Waals surface area contributed by atoms with Gasteiger partial charge in [-0.15, -0.1) is 0 Å². The number of carbonyl (C=O) groups excluding carboxylic acids is 1. The summed E-state index contributed by atoms with van der Waals surface area (Å²) in [5.74, 6) is 0.756. The van der Waals surface area contributed by atoms with Crippen LogP contribution in [0.2, 0.25) is 0 Å². The molecule has 2 aromatic carbocycles. The zero-order valence-electron chi connectivity index (χ0n) is 13.8. The van der Waals surface area contributed by atoms with Gasteiger partial charge < -0.3 is 14.8 Å². The quantitative estimate of drug-likeness (QED) is 0.895. The second-order valence-electron chi connectivity index (χ2n) is 6.37. The van der Waals surface area contributed by atoms with E-state index in [1.807, 2.05) is 75.4 Å². The summed E-state index contributed by atoms with van der Waals surface area (Å²) in [5.41, 5.74) is 1.69. The molecule has 0 aliphatic rings. The third-order valence-corrected chi connectivity index (χ3v) is 2.99. The Morgan fingerprint density at radius 3 is 2.35 bits per heavy atom. The standard InChI is InChI=1S/C19H23NO3/c1-19(2,3)20-18(21)23-14-16-10-7-11-17(12-16)22-13-15-8-5-4-6-9-15/h4-12H,13-14H2,1-3H3,(H,20,21). The molecular formula is C19H23NO3. The first-order valence-electron chi connectivity index (χ1n) is 7.63. The van der Waals surface area contributed by atoms with Crippen LogP contribution in [0.15, 0.2) is 54.6 Å². The first-order chi connectivity index (χ1) is 10.9. The van der Waals surface area contributed by atoms with E-state index >= 15 is 0 Å². The Labute approximate surface area is 137 Å². The Morgan fingerprint density at radius 1 is 0.957 bits per heavy atom. The minimum Gasteiger partial charge on any atom is -0.489 e. The van der Waals surface area contributed by atoms with E-state index in [0.29, 0.717) is 6.61 Å². The average Bonchev–Trinajstić information content (AvgIpc) is 2.51. The van der Waals surface area contributed by atoms with Gasteiger partial charge in [-0.2, -0.15) is 0 Å². The van der Waals surface area contributed by atoms with Gasteiger partial charge in [0, 0.05) is 5.54 Å². The van der Waals surface area contributed by atoms with E-state index in [4.69, 9.17) is 9.47 Å². The number of alkyl carbamates (subject to hydrolysis) is 1. The number of rotatable bonds is 5. The van der Waals surface area contributed by atoms with Crippen LogP contribution >= 0.6 is 0 Å². The minimum atomic E-state index is -0.423. The summed E-state index contributed by atoms with van der Waals surface area (Å²) in [6.07, 6.45) is -0.423. The predicted molar refractivity (Wildman–Crippen MR) is 90.3 cm³/mol. The van der Waals surface area contributed by atoms with Gasteiger partial charge in [-0.05, 0) is 44.0 Å². The molecule has 0 spiro atoms. The smallest absolute Gasteiger partial charge is 0.407 e. The summed E-state index contributed by atoms with van der Waals surface area (Å²) in [6, 6.07) is 17.5. The molecule has 0 atom stereocenters. The molecule has 122 valence electrons. The molecule has 0 unspecified atom stereocenters. The van der Waals surface area contributed by atoms with Crippen LogP contribution in [0.3, 0.4) is 0 Å². The van der Waals surface area contributed by atoms with Crippen molar-refractivity contribution in [3.05, 3.63) is 65.7 Å². The molecule has 0 bridgehead atoms. The summed E-state index contributed by atoms with van der Waals surface area (Å²) < 4.78 is 11.0. The summed E-state index contributed by atoms with van der Waals surface area (Å²) in [6.45, 7) is 6.45. The van der Waals surface area contributed by atoms with Crippen molar-refractivity contribution in [2.24, 2.45) is 0 Å². The maximum Gasteiger partial charge on any atom is 0.407 e. The fourth-order valence-corrected chi connectivity index (χ4v) is 1.96. The highest BCUT2D eigenvalue weighted by Crippen LogP contribution is 2.16. The van der Waals surface area contributed by atoms with E-state index in [9.17, 15) is 4.79 Å². The Hall–Kier alpha value is -2.49. The number of carbonyl (C=O) groups is 1. The zero-order valence-corrected chi connectivity index (χ0v) is 13.8. The lowest BCUT2D eigenvalue weighted by atomic mass is 10.1. The van der Waals surface area contributed by atoms with Gasteiger partial charge in [-0.3, -0.25) is 0 Å². The summed E-state index contributed by atoms with van der Waals surface area (Å²) >= 11 is 0. The molecule has 0 aliphatic carbocycles. The molecule has 4 heteroatoms. The third kappa shape index (κ3) is 6.43. The first-order valence-corrected chi connectivity index (χ1v) is 7.63. The Kier molecular flexibility index (Phi) is 5.63. The highest BCUT2D eigenvalue weighted by atomic mass is 16.5. The molecule has 0 saturated carbocycles. The van der Waals surface area contributed by atoms with E-state index in [0.717, 1.165) is 16.9 Å². The van der Waals surface area contributed by atoms with Crippen molar-refractivity contribution >= 4 is 6.09 Å². The molecule has 23 heavy (non-hydrogen) atoms. The highest BCUT2D eigenvalue weighted by Gasteiger charge is 2.14.